The van der Waals surface area contributed by atoms with Gasteiger partial charge in [-0.2, -0.15) is 0 Å². The van der Waals surface area contributed by atoms with E-state index in [0.29, 0.717) is 12.3 Å². The third kappa shape index (κ3) is 4.18. The van der Waals surface area contributed by atoms with Crippen molar-refractivity contribution in [3.8, 4) is 5.75 Å². The molecule has 0 radical (unpaired) electrons. The van der Waals surface area contributed by atoms with E-state index < -0.39 is 11.5 Å². The number of amides is 1. The van der Waals surface area contributed by atoms with Crippen LogP contribution in [0.2, 0.25) is 0 Å². The number of aromatic nitrogens is 2. The number of fused-ring (bicyclic) bond motifs is 3. The van der Waals surface area contributed by atoms with Gasteiger partial charge in [0.15, 0.2) is 0 Å². The van der Waals surface area contributed by atoms with Gasteiger partial charge in [0, 0.05) is 47.8 Å². The highest BCUT2D eigenvalue weighted by Gasteiger charge is 2.50. The molecule has 5 rings (SSSR count). The van der Waals surface area contributed by atoms with E-state index in [2.05, 4.69) is 59.1 Å². The number of aliphatic hydroxyl groups is 1. The number of nitrogens with one attached hydrogen (secondary N) is 2. The van der Waals surface area contributed by atoms with Gasteiger partial charge in [-0.15, -0.1) is 0 Å². The van der Waals surface area contributed by atoms with Crippen molar-refractivity contribution in [2.45, 2.75) is 69.9 Å². The smallest absolute Gasteiger partial charge is 0.235 e. The summed E-state index contributed by atoms with van der Waals surface area (Å²) >= 11 is 0. The Labute approximate surface area is 200 Å². The fourth-order valence-electron chi connectivity index (χ4n) is 5.48. The van der Waals surface area contributed by atoms with Crippen molar-refractivity contribution in [3.63, 3.8) is 0 Å². The van der Waals surface area contributed by atoms with Crippen LogP contribution in [0.3, 0.4) is 0 Å². The van der Waals surface area contributed by atoms with Gasteiger partial charge in [-0.3, -0.25) is 4.79 Å². The third-order valence-corrected chi connectivity index (χ3v) is 7.26. The van der Waals surface area contributed by atoms with E-state index in [9.17, 15) is 9.90 Å². The minimum Gasteiger partial charge on any atom is -0.490 e. The van der Waals surface area contributed by atoms with Crippen LogP contribution in [-0.2, 0) is 16.6 Å². The number of benzene rings is 1. The van der Waals surface area contributed by atoms with Crippen LogP contribution in [0.4, 0.5) is 5.69 Å². The number of aryl methyl sites for hydroxylation is 1. The molecule has 1 amide bonds. The van der Waals surface area contributed by atoms with E-state index in [-0.39, 0.29) is 18.1 Å². The van der Waals surface area contributed by atoms with Crippen molar-refractivity contribution < 1.29 is 14.6 Å². The van der Waals surface area contributed by atoms with Crippen LogP contribution in [-0.4, -0.2) is 45.2 Å². The predicted octanol–water partition coefficient (Wildman–Crippen LogP) is 3.76. The Hall–Kier alpha value is -2.90. The zero-order chi connectivity index (χ0) is 23.9. The Kier molecular flexibility index (Phi) is 5.86. The molecule has 0 bridgehead atoms. The van der Waals surface area contributed by atoms with Crippen molar-refractivity contribution in [3.05, 3.63) is 59.5 Å². The number of imidazole rings is 1. The molecular formula is C27H34N4O3. The average Bonchev–Trinajstić information content (AvgIpc) is 3.50. The van der Waals surface area contributed by atoms with Gasteiger partial charge in [-0.05, 0) is 63.4 Å². The maximum Gasteiger partial charge on any atom is 0.235 e. The van der Waals surface area contributed by atoms with Crippen LogP contribution in [0, 0.1) is 6.92 Å². The second kappa shape index (κ2) is 8.71. The number of β-amino-alcohol motifs (C(OH)–C–C–N with tert-alkyl or cyclic N) is 1. The molecule has 0 saturated heterocycles. The van der Waals surface area contributed by atoms with Gasteiger partial charge in [-0.1, -0.05) is 18.9 Å². The minimum atomic E-state index is -0.676. The van der Waals surface area contributed by atoms with E-state index in [1.54, 1.807) is 0 Å². The lowest BCUT2D eigenvalue weighted by Gasteiger charge is -2.28. The summed E-state index contributed by atoms with van der Waals surface area (Å²) in [5.41, 5.74) is 4.37. The topological polar surface area (TPSA) is 87.9 Å². The molecule has 2 aromatic heterocycles. The molecule has 3 N–H and O–H groups in total. The molecule has 3 heterocycles. The van der Waals surface area contributed by atoms with Gasteiger partial charge in [-0.25, -0.2) is 4.98 Å². The van der Waals surface area contributed by atoms with Crippen LogP contribution >= 0.6 is 0 Å². The standard InChI is InChI=1S/C27H34N4O3/c1-18-9-12-31-19(15-28-23(31)13-18)14-26(2,3)29-16-20(32)17-34-22-8-6-7-21-24(22)27(25(33)30-21)10-4-5-11-27/h6-9,12-13,15,20,29,32H,4-5,10-11,14,16-17H2,1-3H3,(H,30,33)/t20-/m0/s1. The summed E-state index contributed by atoms with van der Waals surface area (Å²) in [6, 6.07) is 9.90. The van der Waals surface area contributed by atoms with E-state index >= 15 is 0 Å². The number of carbonyl (C=O) groups is 1. The van der Waals surface area contributed by atoms with E-state index in [4.69, 9.17) is 4.74 Å². The number of ether oxygens (including phenoxy) is 1. The number of hydrogen-bond acceptors (Lipinski definition) is 5. The molecule has 2 aliphatic rings. The summed E-state index contributed by atoms with van der Waals surface area (Å²) in [7, 11) is 0. The largest absolute Gasteiger partial charge is 0.490 e. The Bertz CT molecular complexity index is 1210. The van der Waals surface area contributed by atoms with E-state index in [1.165, 1.54) is 5.56 Å². The third-order valence-electron chi connectivity index (χ3n) is 7.26. The number of aliphatic hydroxyl groups excluding tert-OH is 1. The first-order valence-electron chi connectivity index (χ1n) is 12.2. The molecule has 1 aromatic carbocycles. The highest BCUT2D eigenvalue weighted by molar-refractivity contribution is 6.07. The minimum absolute atomic E-state index is 0.0857. The normalized spacial score (nSPS) is 17.8. The number of hydrogen-bond donors (Lipinski definition) is 3. The molecule has 1 aliphatic heterocycles. The van der Waals surface area contributed by atoms with Gasteiger partial charge in [0.2, 0.25) is 5.91 Å². The Morgan fingerprint density at radius 3 is 2.88 bits per heavy atom. The molecule has 3 aromatic rings. The molecule has 1 fully saturated rings. The zero-order valence-electron chi connectivity index (χ0n) is 20.2. The lowest BCUT2D eigenvalue weighted by molar-refractivity contribution is -0.120. The lowest BCUT2D eigenvalue weighted by atomic mass is 9.79. The number of carbonyl (C=O) groups excluding carboxylic acids is 1. The van der Waals surface area contributed by atoms with Gasteiger partial charge in [0.1, 0.15) is 24.1 Å². The molecule has 7 heteroatoms. The first-order chi connectivity index (χ1) is 16.3. The van der Waals surface area contributed by atoms with Crippen LogP contribution in [0.5, 0.6) is 5.75 Å². The molecule has 0 unspecified atom stereocenters. The molecule has 1 spiro atoms. The summed E-state index contributed by atoms with van der Waals surface area (Å²) in [6.07, 6.45) is 7.88. The van der Waals surface area contributed by atoms with Crippen molar-refractivity contribution in [2.24, 2.45) is 0 Å². The zero-order valence-corrected chi connectivity index (χ0v) is 20.2. The number of anilines is 1. The fraction of sp³-hybridized carbons (Fsp3) is 0.481. The van der Waals surface area contributed by atoms with Crippen molar-refractivity contribution in [1.29, 1.82) is 0 Å². The quantitative estimate of drug-likeness (QED) is 0.475. The second-order valence-electron chi connectivity index (χ2n) is 10.5. The van der Waals surface area contributed by atoms with Crippen LogP contribution in [0.25, 0.3) is 5.65 Å². The highest BCUT2D eigenvalue weighted by Crippen LogP contribution is 2.52. The molecule has 1 saturated carbocycles. The summed E-state index contributed by atoms with van der Waals surface area (Å²) in [4.78, 5) is 17.3. The van der Waals surface area contributed by atoms with Gasteiger partial charge in [0.05, 0.1) is 5.41 Å². The molecule has 7 nitrogen and oxygen atoms in total. The fourth-order valence-corrected chi connectivity index (χ4v) is 5.48. The number of nitrogens with zero attached hydrogens (tertiary/aromatic N) is 2. The van der Waals surface area contributed by atoms with Crippen LogP contribution in [0.1, 0.15) is 56.4 Å². The summed E-state index contributed by atoms with van der Waals surface area (Å²) in [6.45, 7) is 6.88. The first-order valence-corrected chi connectivity index (χ1v) is 12.2. The highest BCUT2D eigenvalue weighted by atomic mass is 16.5. The summed E-state index contributed by atoms with van der Waals surface area (Å²) in [5, 5.41) is 17.2. The SMILES string of the molecule is Cc1ccn2c(CC(C)(C)NC[C@H](O)COc3cccc4c3C3(CCCC3)C(=O)N4)cnc2c1. The number of pyridine rings is 1. The van der Waals surface area contributed by atoms with Gasteiger partial charge < -0.3 is 24.9 Å². The predicted molar refractivity (Wildman–Crippen MR) is 132 cm³/mol. The monoisotopic (exact) mass is 462 g/mol. The van der Waals surface area contributed by atoms with Gasteiger partial charge >= 0.3 is 0 Å². The van der Waals surface area contributed by atoms with Crippen molar-refractivity contribution in [2.75, 3.05) is 18.5 Å². The Morgan fingerprint density at radius 1 is 1.29 bits per heavy atom. The molecule has 180 valence electrons. The Balaban J connectivity index is 1.20. The van der Waals surface area contributed by atoms with Crippen LogP contribution < -0.4 is 15.4 Å². The van der Waals surface area contributed by atoms with E-state index in [1.807, 2.05) is 24.4 Å². The van der Waals surface area contributed by atoms with E-state index in [0.717, 1.165) is 54.7 Å². The molecule has 34 heavy (non-hydrogen) atoms. The van der Waals surface area contributed by atoms with Crippen molar-refractivity contribution in [1.82, 2.24) is 14.7 Å². The second-order valence-corrected chi connectivity index (χ2v) is 10.5. The molecule has 1 atom stereocenters. The lowest BCUT2D eigenvalue weighted by Crippen LogP contribution is -2.46. The molecular weight excluding hydrogens is 428 g/mol. The van der Waals surface area contributed by atoms with Crippen LogP contribution in [0.15, 0.2) is 42.7 Å². The molecule has 1 aliphatic carbocycles. The Morgan fingerprint density at radius 2 is 2.09 bits per heavy atom. The van der Waals surface area contributed by atoms with Gasteiger partial charge in [0.25, 0.3) is 0 Å². The van der Waals surface area contributed by atoms with Crippen molar-refractivity contribution >= 4 is 17.2 Å². The maximum atomic E-state index is 12.8. The average molecular weight is 463 g/mol. The number of rotatable bonds is 8. The first kappa shape index (κ1) is 22.9. The summed E-state index contributed by atoms with van der Waals surface area (Å²) in [5.74, 6) is 0.791. The summed E-state index contributed by atoms with van der Waals surface area (Å²) < 4.78 is 8.20. The maximum absolute atomic E-state index is 12.8.